The van der Waals surface area contributed by atoms with E-state index in [4.69, 9.17) is 9.47 Å². The Morgan fingerprint density at radius 2 is 2.24 bits per heavy atom. The molecule has 0 amide bonds. The van der Waals surface area contributed by atoms with E-state index in [0.29, 0.717) is 5.92 Å². The maximum Gasteiger partial charge on any atom is 0.122 e. The number of methoxy groups -OCH3 is 2. The van der Waals surface area contributed by atoms with Gasteiger partial charge in [0.15, 0.2) is 0 Å². The molecule has 1 aromatic carbocycles. The van der Waals surface area contributed by atoms with Crippen molar-refractivity contribution in [3.05, 3.63) is 42.0 Å². The lowest BCUT2D eigenvalue weighted by molar-refractivity contribution is 0.318. The molecule has 0 bridgehead atoms. The lowest BCUT2D eigenvalue weighted by atomic mass is 9.97. The van der Waals surface area contributed by atoms with Crippen LogP contribution in [0.2, 0.25) is 0 Å². The first-order chi connectivity index (χ1) is 10.3. The molecular formula is C16H21N3O2. The van der Waals surface area contributed by atoms with Crippen molar-refractivity contribution in [3.63, 3.8) is 0 Å². The molecule has 1 aliphatic rings. The molecule has 5 heteroatoms. The van der Waals surface area contributed by atoms with Crippen LogP contribution in [0.15, 0.2) is 30.6 Å². The van der Waals surface area contributed by atoms with Crippen LogP contribution in [0.5, 0.6) is 11.5 Å². The number of imidazole rings is 1. The van der Waals surface area contributed by atoms with Gasteiger partial charge in [0.2, 0.25) is 0 Å². The van der Waals surface area contributed by atoms with Crippen molar-refractivity contribution in [2.24, 2.45) is 0 Å². The van der Waals surface area contributed by atoms with Gasteiger partial charge in [0.05, 0.1) is 20.8 Å². The molecule has 112 valence electrons. The maximum absolute atomic E-state index is 5.51. The van der Waals surface area contributed by atoms with Crippen LogP contribution in [0.1, 0.15) is 23.7 Å². The van der Waals surface area contributed by atoms with E-state index < -0.39 is 0 Å². The normalized spacial score (nSPS) is 18.9. The molecule has 0 aliphatic carbocycles. The number of nitrogens with zero attached hydrogens (tertiary/aromatic N) is 2. The van der Waals surface area contributed by atoms with E-state index in [-0.39, 0.29) is 0 Å². The summed E-state index contributed by atoms with van der Waals surface area (Å²) in [4.78, 5) is 9.88. The second-order valence-corrected chi connectivity index (χ2v) is 5.36. The van der Waals surface area contributed by atoms with Crippen LogP contribution in [-0.2, 0) is 6.54 Å². The van der Waals surface area contributed by atoms with Crippen molar-refractivity contribution in [1.29, 1.82) is 0 Å². The molecular weight excluding hydrogens is 266 g/mol. The lowest BCUT2D eigenvalue weighted by Crippen LogP contribution is -2.20. The third kappa shape index (κ3) is 3.03. The van der Waals surface area contributed by atoms with Crippen molar-refractivity contribution in [2.75, 3.05) is 27.3 Å². The van der Waals surface area contributed by atoms with E-state index in [9.17, 15) is 0 Å². The molecule has 1 N–H and O–H groups in total. The van der Waals surface area contributed by atoms with Gasteiger partial charge in [-0.2, -0.15) is 0 Å². The van der Waals surface area contributed by atoms with Crippen molar-refractivity contribution >= 4 is 0 Å². The number of aromatic amines is 1. The minimum Gasteiger partial charge on any atom is -0.497 e. The number of ether oxygens (including phenoxy) is 2. The predicted octanol–water partition coefficient (Wildman–Crippen LogP) is 2.42. The summed E-state index contributed by atoms with van der Waals surface area (Å²) in [5.41, 5.74) is 1.23. The van der Waals surface area contributed by atoms with Gasteiger partial charge in [-0.3, -0.25) is 4.90 Å². The van der Waals surface area contributed by atoms with E-state index in [2.05, 4.69) is 20.9 Å². The monoisotopic (exact) mass is 287 g/mol. The third-order valence-electron chi connectivity index (χ3n) is 4.08. The fourth-order valence-electron chi connectivity index (χ4n) is 2.98. The van der Waals surface area contributed by atoms with Crippen LogP contribution in [-0.4, -0.2) is 42.2 Å². The fourth-order valence-corrected chi connectivity index (χ4v) is 2.98. The van der Waals surface area contributed by atoms with E-state index in [0.717, 1.165) is 43.4 Å². The van der Waals surface area contributed by atoms with Crippen LogP contribution in [0.4, 0.5) is 0 Å². The molecule has 0 radical (unpaired) electrons. The molecule has 2 aromatic rings. The highest BCUT2D eigenvalue weighted by Gasteiger charge is 2.26. The third-order valence-corrected chi connectivity index (χ3v) is 4.08. The second-order valence-electron chi connectivity index (χ2n) is 5.36. The molecule has 5 nitrogen and oxygen atoms in total. The Morgan fingerprint density at radius 3 is 2.95 bits per heavy atom. The summed E-state index contributed by atoms with van der Waals surface area (Å²) >= 11 is 0. The minimum atomic E-state index is 0.477. The van der Waals surface area contributed by atoms with Gasteiger partial charge in [0.25, 0.3) is 0 Å². The largest absolute Gasteiger partial charge is 0.497 e. The van der Waals surface area contributed by atoms with Crippen molar-refractivity contribution in [2.45, 2.75) is 18.9 Å². The molecule has 0 spiro atoms. The first-order valence-electron chi connectivity index (χ1n) is 7.22. The van der Waals surface area contributed by atoms with Gasteiger partial charge in [-0.05, 0) is 31.2 Å². The van der Waals surface area contributed by atoms with Gasteiger partial charge in [-0.25, -0.2) is 4.98 Å². The minimum absolute atomic E-state index is 0.477. The number of rotatable bonds is 5. The molecule has 1 saturated heterocycles. The van der Waals surface area contributed by atoms with E-state index in [1.807, 2.05) is 18.3 Å². The Bertz CT molecular complexity index is 583. The zero-order chi connectivity index (χ0) is 14.7. The van der Waals surface area contributed by atoms with Gasteiger partial charge in [-0.15, -0.1) is 0 Å². The molecule has 1 unspecified atom stereocenters. The highest BCUT2D eigenvalue weighted by molar-refractivity contribution is 5.43. The average Bonchev–Trinajstić information content (AvgIpc) is 3.19. The molecule has 3 rings (SSSR count). The highest BCUT2D eigenvalue weighted by Crippen LogP contribution is 2.36. The van der Waals surface area contributed by atoms with Gasteiger partial charge >= 0.3 is 0 Å². The summed E-state index contributed by atoms with van der Waals surface area (Å²) in [5.74, 6) is 3.33. The summed E-state index contributed by atoms with van der Waals surface area (Å²) in [5, 5.41) is 0. The van der Waals surface area contributed by atoms with E-state index in [1.165, 1.54) is 5.56 Å². The zero-order valence-electron chi connectivity index (χ0n) is 12.5. The van der Waals surface area contributed by atoms with Crippen LogP contribution < -0.4 is 9.47 Å². The Hall–Kier alpha value is -2.01. The standard InChI is InChI=1S/C16H21N3O2/c1-20-13-3-4-15(21-2)14(9-13)12-5-8-19(10-12)11-16-17-6-7-18-16/h3-4,6-7,9,12H,5,8,10-11H2,1-2H3,(H,17,18). The van der Waals surface area contributed by atoms with Crippen molar-refractivity contribution < 1.29 is 9.47 Å². The average molecular weight is 287 g/mol. The number of hydrogen-bond donors (Lipinski definition) is 1. The fraction of sp³-hybridized carbons (Fsp3) is 0.438. The molecule has 1 atom stereocenters. The number of nitrogens with one attached hydrogen (secondary N) is 1. The summed E-state index contributed by atoms with van der Waals surface area (Å²) in [6, 6.07) is 6.03. The van der Waals surface area contributed by atoms with Gasteiger partial charge in [0, 0.05) is 30.4 Å². The van der Waals surface area contributed by atoms with Crippen molar-refractivity contribution in [3.8, 4) is 11.5 Å². The SMILES string of the molecule is COc1ccc(OC)c(C2CCN(Cc3ncc[nH]3)C2)c1. The Morgan fingerprint density at radius 1 is 1.33 bits per heavy atom. The number of benzene rings is 1. The Labute approximate surface area is 124 Å². The van der Waals surface area contributed by atoms with Crippen LogP contribution in [0, 0.1) is 0 Å². The van der Waals surface area contributed by atoms with Crippen LogP contribution in [0.3, 0.4) is 0 Å². The maximum atomic E-state index is 5.51. The number of likely N-dealkylation sites (tertiary alicyclic amines) is 1. The summed E-state index contributed by atoms with van der Waals surface area (Å²) in [6.07, 6.45) is 4.80. The molecule has 1 aliphatic heterocycles. The molecule has 21 heavy (non-hydrogen) atoms. The Kier molecular flexibility index (Phi) is 4.10. The van der Waals surface area contributed by atoms with Gasteiger partial charge in [-0.1, -0.05) is 0 Å². The smallest absolute Gasteiger partial charge is 0.122 e. The predicted molar refractivity (Wildman–Crippen MR) is 80.8 cm³/mol. The van der Waals surface area contributed by atoms with Crippen molar-refractivity contribution in [1.82, 2.24) is 14.9 Å². The summed E-state index contributed by atoms with van der Waals surface area (Å²) in [6.45, 7) is 2.96. The topological polar surface area (TPSA) is 50.4 Å². The summed E-state index contributed by atoms with van der Waals surface area (Å²) < 4.78 is 10.8. The van der Waals surface area contributed by atoms with Gasteiger partial charge < -0.3 is 14.5 Å². The summed E-state index contributed by atoms with van der Waals surface area (Å²) in [7, 11) is 3.42. The first kappa shape index (κ1) is 13.9. The lowest BCUT2D eigenvalue weighted by Gasteiger charge is -2.17. The van der Waals surface area contributed by atoms with E-state index >= 15 is 0 Å². The number of H-pyrrole nitrogens is 1. The number of hydrogen-bond acceptors (Lipinski definition) is 4. The molecule has 2 heterocycles. The number of aromatic nitrogens is 2. The highest BCUT2D eigenvalue weighted by atomic mass is 16.5. The second kappa shape index (κ2) is 6.18. The molecule has 0 saturated carbocycles. The van der Waals surface area contributed by atoms with Gasteiger partial charge in [0.1, 0.15) is 17.3 Å². The Balaban J connectivity index is 1.73. The zero-order valence-corrected chi connectivity index (χ0v) is 12.5. The molecule has 1 aromatic heterocycles. The quantitative estimate of drug-likeness (QED) is 0.917. The first-order valence-corrected chi connectivity index (χ1v) is 7.22. The van der Waals surface area contributed by atoms with E-state index in [1.54, 1.807) is 20.4 Å². The molecule has 1 fully saturated rings. The van der Waals surface area contributed by atoms with Crippen LogP contribution in [0.25, 0.3) is 0 Å². The van der Waals surface area contributed by atoms with Crippen LogP contribution >= 0.6 is 0 Å².